The zero-order chi connectivity index (χ0) is 11.4. The number of rotatable bonds is 4. The molecular weight excluding hydrogens is 193 g/mol. The number of hydrogen-bond acceptors (Lipinski definition) is 2. The summed E-state index contributed by atoms with van der Waals surface area (Å²) < 4.78 is 18.8. The van der Waals surface area contributed by atoms with Gasteiger partial charge in [0.05, 0.1) is 7.11 Å². The molecule has 84 valence electrons. The highest BCUT2D eigenvalue weighted by molar-refractivity contribution is 5.38. The minimum atomic E-state index is -0.201. The molecule has 0 amide bonds. The molecule has 0 aliphatic rings. The third kappa shape index (κ3) is 3.20. The van der Waals surface area contributed by atoms with Gasteiger partial charge >= 0.3 is 0 Å². The molecule has 0 aromatic heterocycles. The molecule has 2 N–H and O–H groups in total. The van der Waals surface area contributed by atoms with E-state index in [0.29, 0.717) is 17.7 Å². The lowest BCUT2D eigenvalue weighted by molar-refractivity contribution is 0.402. The number of halogens is 1. The second-order valence-corrected chi connectivity index (χ2v) is 3.94. The van der Waals surface area contributed by atoms with E-state index in [9.17, 15) is 4.39 Å². The van der Waals surface area contributed by atoms with Gasteiger partial charge in [-0.25, -0.2) is 4.39 Å². The predicted molar refractivity (Wildman–Crippen MR) is 59.7 cm³/mol. The second-order valence-electron chi connectivity index (χ2n) is 3.94. The first kappa shape index (κ1) is 12.0. The van der Waals surface area contributed by atoms with Crippen molar-refractivity contribution in [1.82, 2.24) is 0 Å². The molecule has 0 aliphatic heterocycles. The monoisotopic (exact) mass is 211 g/mol. The van der Waals surface area contributed by atoms with Gasteiger partial charge in [0.25, 0.3) is 0 Å². The Morgan fingerprint density at radius 2 is 2.13 bits per heavy atom. The predicted octanol–water partition coefficient (Wildman–Crippen LogP) is 2.42. The van der Waals surface area contributed by atoms with Crippen LogP contribution in [-0.2, 0) is 6.42 Å². The summed E-state index contributed by atoms with van der Waals surface area (Å²) in [7, 11) is 1.56. The highest BCUT2D eigenvalue weighted by atomic mass is 19.1. The fraction of sp³-hybridized carbons (Fsp3) is 0.500. The second kappa shape index (κ2) is 5.12. The van der Waals surface area contributed by atoms with Crippen molar-refractivity contribution in [2.24, 2.45) is 5.73 Å². The maximum atomic E-state index is 13.6. The van der Waals surface area contributed by atoms with Gasteiger partial charge in [-0.2, -0.15) is 0 Å². The van der Waals surface area contributed by atoms with Gasteiger partial charge in [-0.15, -0.1) is 0 Å². The quantitative estimate of drug-likeness (QED) is 0.830. The van der Waals surface area contributed by atoms with Gasteiger partial charge in [0.15, 0.2) is 0 Å². The molecular formula is C12H18FNO. The summed E-state index contributed by atoms with van der Waals surface area (Å²) in [4.78, 5) is 0. The first-order valence-electron chi connectivity index (χ1n) is 5.13. The van der Waals surface area contributed by atoms with Crippen LogP contribution in [0.3, 0.4) is 0 Å². The van der Waals surface area contributed by atoms with Crippen molar-refractivity contribution in [1.29, 1.82) is 0 Å². The van der Waals surface area contributed by atoms with Crippen molar-refractivity contribution in [2.75, 3.05) is 7.11 Å². The van der Waals surface area contributed by atoms with Gasteiger partial charge in [0.2, 0.25) is 0 Å². The van der Waals surface area contributed by atoms with E-state index in [1.54, 1.807) is 7.11 Å². The smallest absolute Gasteiger partial charge is 0.130 e. The Morgan fingerprint density at radius 3 is 2.67 bits per heavy atom. The first-order valence-corrected chi connectivity index (χ1v) is 5.13. The summed E-state index contributed by atoms with van der Waals surface area (Å²) >= 11 is 0. The fourth-order valence-electron chi connectivity index (χ4n) is 1.54. The Balaban J connectivity index is 2.93. The first-order chi connectivity index (χ1) is 7.04. The molecule has 1 rings (SSSR count). The Kier molecular flexibility index (Phi) is 4.09. The Labute approximate surface area is 90.2 Å². The van der Waals surface area contributed by atoms with E-state index in [0.717, 1.165) is 12.0 Å². The van der Waals surface area contributed by atoms with E-state index in [1.165, 1.54) is 6.07 Å². The highest BCUT2D eigenvalue weighted by Crippen LogP contribution is 2.25. The molecule has 0 unspecified atom stereocenters. The Morgan fingerprint density at radius 1 is 1.47 bits per heavy atom. The van der Waals surface area contributed by atoms with Crippen LogP contribution in [0.15, 0.2) is 12.1 Å². The summed E-state index contributed by atoms with van der Waals surface area (Å²) in [6, 6.07) is 3.45. The number of methoxy groups -OCH3 is 1. The molecule has 1 atom stereocenters. The van der Waals surface area contributed by atoms with E-state index >= 15 is 0 Å². The molecule has 0 bridgehead atoms. The zero-order valence-corrected chi connectivity index (χ0v) is 9.51. The number of aryl methyl sites for hydroxylation is 1. The van der Waals surface area contributed by atoms with Crippen LogP contribution in [-0.4, -0.2) is 13.2 Å². The minimum absolute atomic E-state index is 0.0791. The minimum Gasteiger partial charge on any atom is -0.496 e. The highest BCUT2D eigenvalue weighted by Gasteiger charge is 2.10. The summed E-state index contributed by atoms with van der Waals surface area (Å²) in [6.45, 7) is 3.76. The van der Waals surface area contributed by atoms with Crippen molar-refractivity contribution in [2.45, 2.75) is 32.7 Å². The van der Waals surface area contributed by atoms with Crippen LogP contribution in [0.2, 0.25) is 0 Å². The standard InChI is InChI=1S/C12H18FNO/c1-8-6-11(13)10(5-4-9(2)14)12(7-8)15-3/h6-7,9H,4-5,14H2,1-3H3/t9-/m0/s1. The maximum Gasteiger partial charge on any atom is 0.130 e. The van der Waals surface area contributed by atoms with Crippen LogP contribution in [0.1, 0.15) is 24.5 Å². The van der Waals surface area contributed by atoms with Gasteiger partial charge in [0.1, 0.15) is 11.6 Å². The van der Waals surface area contributed by atoms with Gasteiger partial charge in [0, 0.05) is 11.6 Å². The van der Waals surface area contributed by atoms with Crippen LogP contribution in [0.25, 0.3) is 0 Å². The average Bonchev–Trinajstić information content (AvgIpc) is 2.14. The topological polar surface area (TPSA) is 35.2 Å². The molecule has 0 aliphatic carbocycles. The molecule has 1 aromatic carbocycles. The molecule has 0 spiro atoms. The lowest BCUT2D eigenvalue weighted by Gasteiger charge is -2.12. The number of benzene rings is 1. The van der Waals surface area contributed by atoms with E-state index < -0.39 is 0 Å². The Hall–Kier alpha value is -1.09. The van der Waals surface area contributed by atoms with E-state index in [1.807, 2.05) is 19.9 Å². The van der Waals surface area contributed by atoms with Gasteiger partial charge in [-0.1, -0.05) is 0 Å². The van der Waals surface area contributed by atoms with Gasteiger partial charge in [-0.05, 0) is 44.4 Å². The average molecular weight is 211 g/mol. The van der Waals surface area contributed by atoms with Crippen molar-refractivity contribution in [3.8, 4) is 5.75 Å². The molecule has 0 fully saturated rings. The third-order valence-corrected chi connectivity index (χ3v) is 2.37. The van der Waals surface area contributed by atoms with E-state index in [4.69, 9.17) is 10.5 Å². The fourth-order valence-corrected chi connectivity index (χ4v) is 1.54. The van der Waals surface area contributed by atoms with Crippen LogP contribution in [0, 0.1) is 12.7 Å². The molecule has 15 heavy (non-hydrogen) atoms. The van der Waals surface area contributed by atoms with Crippen LogP contribution >= 0.6 is 0 Å². The normalized spacial score (nSPS) is 12.6. The summed E-state index contributed by atoms with van der Waals surface area (Å²) in [6.07, 6.45) is 1.38. The van der Waals surface area contributed by atoms with Crippen LogP contribution in [0.5, 0.6) is 5.75 Å². The molecule has 0 radical (unpaired) electrons. The van der Waals surface area contributed by atoms with Gasteiger partial charge in [-0.3, -0.25) is 0 Å². The van der Waals surface area contributed by atoms with Crippen molar-refractivity contribution < 1.29 is 9.13 Å². The maximum absolute atomic E-state index is 13.6. The van der Waals surface area contributed by atoms with E-state index in [-0.39, 0.29) is 11.9 Å². The SMILES string of the molecule is COc1cc(C)cc(F)c1CC[C@H](C)N. The molecule has 0 saturated heterocycles. The largest absolute Gasteiger partial charge is 0.496 e. The van der Waals surface area contributed by atoms with E-state index in [2.05, 4.69) is 0 Å². The lowest BCUT2D eigenvalue weighted by atomic mass is 10.0. The van der Waals surface area contributed by atoms with Crippen molar-refractivity contribution >= 4 is 0 Å². The Bertz CT molecular complexity index is 337. The number of nitrogens with two attached hydrogens (primary N) is 1. The third-order valence-electron chi connectivity index (χ3n) is 2.37. The number of hydrogen-bond donors (Lipinski definition) is 1. The van der Waals surface area contributed by atoms with Crippen LogP contribution < -0.4 is 10.5 Å². The van der Waals surface area contributed by atoms with Crippen molar-refractivity contribution in [3.63, 3.8) is 0 Å². The lowest BCUT2D eigenvalue weighted by Crippen LogP contribution is -2.16. The zero-order valence-electron chi connectivity index (χ0n) is 9.51. The summed E-state index contributed by atoms with van der Waals surface area (Å²) in [5, 5.41) is 0. The molecule has 2 nitrogen and oxygen atoms in total. The van der Waals surface area contributed by atoms with Gasteiger partial charge < -0.3 is 10.5 Å². The molecule has 0 heterocycles. The van der Waals surface area contributed by atoms with Crippen molar-refractivity contribution in [3.05, 3.63) is 29.1 Å². The molecule has 0 saturated carbocycles. The van der Waals surface area contributed by atoms with Crippen LogP contribution in [0.4, 0.5) is 4.39 Å². The number of ether oxygens (including phenoxy) is 1. The molecule has 3 heteroatoms. The summed E-state index contributed by atoms with van der Waals surface area (Å²) in [5.74, 6) is 0.417. The summed E-state index contributed by atoms with van der Waals surface area (Å²) in [5.41, 5.74) is 7.14. The molecule has 1 aromatic rings.